The van der Waals surface area contributed by atoms with Gasteiger partial charge in [-0.25, -0.2) is 18.4 Å². The van der Waals surface area contributed by atoms with Crippen LogP contribution in [-0.4, -0.2) is 77.7 Å². The number of methoxy groups -OCH3 is 1. The molecule has 0 saturated carbocycles. The van der Waals surface area contributed by atoms with E-state index in [9.17, 15) is 18.3 Å². The second-order valence-electron chi connectivity index (χ2n) is 9.01. The number of ether oxygens (including phenoxy) is 2. The van der Waals surface area contributed by atoms with Crippen molar-refractivity contribution >= 4 is 32.5 Å². The summed E-state index contributed by atoms with van der Waals surface area (Å²) in [5.41, 5.74) is 2.46. The molecule has 204 valence electrons. The summed E-state index contributed by atoms with van der Waals surface area (Å²) < 4.78 is 35.5. The van der Waals surface area contributed by atoms with Crippen LogP contribution in [0.2, 0.25) is 0 Å². The number of hydrogen-bond donors (Lipinski definition) is 3. The lowest BCUT2D eigenvalue weighted by molar-refractivity contribution is -0.123. The van der Waals surface area contributed by atoms with Crippen LogP contribution in [0.4, 0.5) is 5.69 Å². The molecular weight excluding hydrogens is 524 g/mol. The van der Waals surface area contributed by atoms with Crippen LogP contribution in [0.3, 0.4) is 0 Å². The third kappa shape index (κ3) is 5.55. The highest BCUT2D eigenvalue weighted by molar-refractivity contribution is 7.91. The Hall–Kier alpha value is -4.07. The highest BCUT2D eigenvalue weighted by atomic mass is 32.2. The number of fused-ring (bicyclic) bond motifs is 1. The molecule has 2 atom stereocenters. The molecule has 4 aromatic rings. The molecule has 39 heavy (non-hydrogen) atoms. The van der Waals surface area contributed by atoms with Gasteiger partial charge in [-0.2, -0.15) is 0 Å². The first-order valence-electron chi connectivity index (χ1n) is 12.3. The number of amides is 1. The molecule has 13 heteroatoms. The van der Waals surface area contributed by atoms with Gasteiger partial charge in [0.15, 0.2) is 26.4 Å². The summed E-state index contributed by atoms with van der Waals surface area (Å²) in [5, 5.41) is 13.2. The van der Waals surface area contributed by atoms with Crippen LogP contribution in [0.25, 0.3) is 22.6 Å². The number of β-amino-alcohol motifs (C(OH)–C–C–N with tert-alkyl or cyclic N) is 1. The summed E-state index contributed by atoms with van der Waals surface area (Å²) in [6.07, 6.45) is 2.49. The molecule has 4 heterocycles. The van der Waals surface area contributed by atoms with Crippen molar-refractivity contribution in [3.8, 4) is 23.0 Å². The van der Waals surface area contributed by atoms with E-state index in [4.69, 9.17) is 9.47 Å². The van der Waals surface area contributed by atoms with Gasteiger partial charge in [0.2, 0.25) is 5.91 Å². The molecule has 0 aliphatic carbocycles. The molecule has 1 fully saturated rings. The minimum Gasteiger partial charge on any atom is -0.453 e. The van der Waals surface area contributed by atoms with Gasteiger partial charge in [0.05, 0.1) is 34.8 Å². The van der Waals surface area contributed by atoms with Crippen molar-refractivity contribution in [1.82, 2.24) is 25.3 Å². The summed E-state index contributed by atoms with van der Waals surface area (Å²) in [7, 11) is -1.99. The Morgan fingerprint density at radius 1 is 1.23 bits per heavy atom. The maximum Gasteiger partial charge on any atom is 0.244 e. The smallest absolute Gasteiger partial charge is 0.244 e. The summed E-state index contributed by atoms with van der Waals surface area (Å²) in [6, 6.07) is 11.3. The van der Waals surface area contributed by atoms with Gasteiger partial charge in [0, 0.05) is 32.3 Å². The number of H-pyrrole nitrogens is 1. The highest BCUT2D eigenvalue weighted by Gasteiger charge is 2.37. The van der Waals surface area contributed by atoms with E-state index in [1.807, 2.05) is 24.3 Å². The van der Waals surface area contributed by atoms with Crippen LogP contribution in [0, 0.1) is 0 Å². The zero-order chi connectivity index (χ0) is 27.6. The molecule has 3 N–H and O–H groups in total. The Labute approximate surface area is 224 Å². The number of aliphatic hydroxyl groups is 1. The maximum absolute atomic E-state index is 12.9. The van der Waals surface area contributed by atoms with E-state index in [0.717, 1.165) is 0 Å². The van der Waals surface area contributed by atoms with Gasteiger partial charge in [-0.15, -0.1) is 0 Å². The second-order valence-corrected chi connectivity index (χ2v) is 11.2. The number of anilines is 1. The zero-order valence-electron chi connectivity index (χ0n) is 21.4. The van der Waals surface area contributed by atoms with Crippen LogP contribution in [-0.2, 0) is 19.4 Å². The van der Waals surface area contributed by atoms with Crippen molar-refractivity contribution in [3.63, 3.8) is 0 Å². The van der Waals surface area contributed by atoms with Gasteiger partial charge in [0.1, 0.15) is 24.2 Å². The number of pyridine rings is 2. The van der Waals surface area contributed by atoms with Gasteiger partial charge in [-0.3, -0.25) is 9.78 Å². The van der Waals surface area contributed by atoms with E-state index in [2.05, 4.69) is 25.3 Å². The van der Waals surface area contributed by atoms with Crippen LogP contribution in [0.1, 0.15) is 13.3 Å². The summed E-state index contributed by atoms with van der Waals surface area (Å²) >= 11 is 0. The maximum atomic E-state index is 12.9. The lowest BCUT2D eigenvalue weighted by Crippen LogP contribution is -2.44. The first-order chi connectivity index (χ1) is 18.8. The Balaban J connectivity index is 1.57. The number of aromatic amines is 1. The number of sulfone groups is 1. The third-order valence-corrected chi connectivity index (χ3v) is 8.03. The SMILES string of the molecule is CCS(=O)(=O)c1ccc(Oc2cc3nc(-c4ccccn4)[nH]c3cc2N2C[C@H](O)C[C@@H]2C(=O)NCOC)cn1. The van der Waals surface area contributed by atoms with Crippen LogP contribution < -0.4 is 15.0 Å². The molecule has 5 rings (SSSR count). The van der Waals surface area contributed by atoms with Gasteiger partial charge >= 0.3 is 0 Å². The number of nitrogens with one attached hydrogen (secondary N) is 2. The molecule has 1 aliphatic heterocycles. The van der Waals surface area contributed by atoms with E-state index in [1.165, 1.54) is 25.4 Å². The number of hydrogen-bond acceptors (Lipinski definition) is 10. The third-order valence-electron chi connectivity index (χ3n) is 6.39. The van der Waals surface area contributed by atoms with Gasteiger partial charge in [-0.1, -0.05) is 13.0 Å². The summed E-state index contributed by atoms with van der Waals surface area (Å²) in [5.74, 6) is 0.844. The molecule has 0 spiro atoms. The fourth-order valence-corrected chi connectivity index (χ4v) is 5.22. The van der Waals surface area contributed by atoms with Crippen molar-refractivity contribution in [2.75, 3.05) is 31.0 Å². The van der Waals surface area contributed by atoms with Gasteiger partial charge in [0.25, 0.3) is 0 Å². The number of nitrogens with zero attached hydrogens (tertiary/aromatic N) is 4. The highest BCUT2D eigenvalue weighted by Crippen LogP contribution is 2.39. The number of benzene rings is 1. The molecule has 12 nitrogen and oxygen atoms in total. The molecule has 1 aliphatic rings. The number of carbonyl (C=O) groups is 1. The lowest BCUT2D eigenvalue weighted by Gasteiger charge is -2.27. The van der Waals surface area contributed by atoms with Gasteiger partial charge in [-0.05, 0) is 30.3 Å². The lowest BCUT2D eigenvalue weighted by atomic mass is 10.1. The van der Waals surface area contributed by atoms with E-state index < -0.39 is 22.0 Å². The largest absolute Gasteiger partial charge is 0.453 e. The summed E-state index contributed by atoms with van der Waals surface area (Å²) in [4.78, 5) is 31.1. The first-order valence-corrected chi connectivity index (χ1v) is 14.0. The Bertz CT molecular complexity index is 1580. The molecule has 0 bridgehead atoms. The van der Waals surface area contributed by atoms with Crippen LogP contribution in [0.15, 0.2) is 59.9 Å². The average Bonchev–Trinajstić information content (AvgIpc) is 3.55. The quantitative estimate of drug-likeness (QED) is 0.263. The van der Waals surface area contributed by atoms with E-state index >= 15 is 0 Å². The molecule has 0 unspecified atom stereocenters. The minimum absolute atomic E-state index is 0.0360. The number of imidazole rings is 1. The Kier molecular flexibility index (Phi) is 7.46. The number of carbonyl (C=O) groups excluding carboxylic acids is 1. The zero-order valence-corrected chi connectivity index (χ0v) is 22.2. The standard InChI is InChI=1S/C26H28N6O6S/c1-3-39(35,36)24-8-7-17(13-28-24)38-23-12-20-19(30-25(31-20)18-6-4-5-9-27-18)11-21(23)32-14-16(33)10-22(32)26(34)29-15-37-2/h4-9,11-13,16,22,33H,3,10,14-15H2,1-2H3,(H,29,34)(H,30,31)/t16-,22-/m1/s1. The van der Waals surface area contributed by atoms with E-state index in [0.29, 0.717) is 39.7 Å². The topological polar surface area (TPSA) is 160 Å². The second kappa shape index (κ2) is 11.0. The van der Waals surface area contributed by atoms with Crippen molar-refractivity contribution in [3.05, 3.63) is 54.9 Å². The molecule has 1 saturated heterocycles. The molecule has 0 radical (unpaired) electrons. The van der Waals surface area contributed by atoms with Crippen LogP contribution in [0.5, 0.6) is 11.5 Å². The Morgan fingerprint density at radius 2 is 2.08 bits per heavy atom. The monoisotopic (exact) mass is 552 g/mol. The number of aromatic nitrogens is 4. The van der Waals surface area contributed by atoms with E-state index in [-0.39, 0.29) is 36.4 Å². The number of aliphatic hydroxyl groups excluding tert-OH is 1. The summed E-state index contributed by atoms with van der Waals surface area (Å²) in [6.45, 7) is 1.78. The average molecular weight is 553 g/mol. The van der Waals surface area contributed by atoms with Crippen molar-refractivity contribution in [2.24, 2.45) is 0 Å². The van der Waals surface area contributed by atoms with Gasteiger partial charge < -0.3 is 29.8 Å². The molecule has 1 aromatic carbocycles. The fraction of sp³-hybridized carbons (Fsp3) is 0.308. The normalized spacial score (nSPS) is 17.5. The first kappa shape index (κ1) is 26.5. The molecule has 1 amide bonds. The van der Waals surface area contributed by atoms with Crippen LogP contribution >= 0.6 is 0 Å². The minimum atomic E-state index is -3.47. The van der Waals surface area contributed by atoms with E-state index in [1.54, 1.807) is 24.1 Å². The Morgan fingerprint density at radius 3 is 2.77 bits per heavy atom. The fourth-order valence-electron chi connectivity index (χ4n) is 4.43. The van der Waals surface area contributed by atoms with Crippen molar-refractivity contribution in [1.29, 1.82) is 0 Å². The number of rotatable bonds is 9. The van der Waals surface area contributed by atoms with Crippen molar-refractivity contribution in [2.45, 2.75) is 30.5 Å². The predicted molar refractivity (Wildman–Crippen MR) is 143 cm³/mol. The van der Waals surface area contributed by atoms with Crippen molar-refractivity contribution < 1.29 is 27.8 Å². The molecular formula is C26H28N6O6S. The molecule has 3 aromatic heterocycles. The predicted octanol–water partition coefficient (Wildman–Crippen LogP) is 2.27.